The Morgan fingerprint density at radius 1 is 1.18 bits per heavy atom. The van der Waals surface area contributed by atoms with Gasteiger partial charge in [-0.2, -0.15) is 0 Å². The quantitative estimate of drug-likeness (QED) is 0.676. The van der Waals surface area contributed by atoms with E-state index in [1.54, 1.807) is 12.1 Å². The van der Waals surface area contributed by atoms with Crippen molar-refractivity contribution in [2.45, 2.75) is 31.1 Å². The number of amides is 1. The Morgan fingerprint density at radius 2 is 1.89 bits per heavy atom. The number of ether oxygens (including phenoxy) is 1. The first-order chi connectivity index (χ1) is 13.0. The Hall–Kier alpha value is -2.45. The average molecular weight is 419 g/mol. The van der Waals surface area contributed by atoms with Crippen LogP contribution in [-0.4, -0.2) is 32.2 Å². The van der Waals surface area contributed by atoms with Gasteiger partial charge in [-0.05, 0) is 35.2 Å². The fourth-order valence-corrected chi connectivity index (χ4v) is 4.34. The number of carbonyl (C=O) groups excluding carboxylic acids is 1. The fraction of sp³-hybridized carbons (Fsp3) is 0.300. The summed E-state index contributed by atoms with van der Waals surface area (Å²) in [5.41, 5.74) is 1.56. The van der Waals surface area contributed by atoms with E-state index in [0.29, 0.717) is 21.1 Å². The highest BCUT2D eigenvalue weighted by molar-refractivity contribution is 7.90. The van der Waals surface area contributed by atoms with Gasteiger partial charge in [-0.25, -0.2) is 13.4 Å². The maximum absolute atomic E-state index is 12.3. The number of nitrogens with zero attached hydrogens (tertiary/aromatic N) is 1. The second kappa shape index (κ2) is 7.52. The van der Waals surface area contributed by atoms with Crippen LogP contribution in [0.1, 0.15) is 26.3 Å². The second-order valence-corrected chi connectivity index (χ2v) is 10.6. The number of rotatable bonds is 5. The first-order valence-electron chi connectivity index (χ1n) is 8.67. The Balaban J connectivity index is 1.71. The van der Waals surface area contributed by atoms with E-state index in [9.17, 15) is 13.2 Å². The van der Waals surface area contributed by atoms with Crippen molar-refractivity contribution in [3.63, 3.8) is 0 Å². The monoisotopic (exact) mass is 418 g/mol. The molecule has 8 heteroatoms. The number of para-hydroxylation sites is 1. The SMILES string of the molecule is CC(C)(C)c1ccccc1OCC(=O)Nc1nc2ccc(S(C)(=O)=O)cc2s1. The van der Waals surface area contributed by atoms with Gasteiger partial charge in [-0.3, -0.25) is 10.1 Å². The van der Waals surface area contributed by atoms with Crippen molar-refractivity contribution in [1.82, 2.24) is 4.98 Å². The van der Waals surface area contributed by atoms with E-state index >= 15 is 0 Å². The van der Waals surface area contributed by atoms with Crippen LogP contribution in [0.15, 0.2) is 47.4 Å². The summed E-state index contributed by atoms with van der Waals surface area (Å²) in [5, 5.41) is 3.11. The summed E-state index contributed by atoms with van der Waals surface area (Å²) >= 11 is 1.22. The topological polar surface area (TPSA) is 85.4 Å². The third-order valence-electron chi connectivity index (χ3n) is 4.09. The van der Waals surface area contributed by atoms with E-state index < -0.39 is 9.84 Å². The van der Waals surface area contributed by atoms with Crippen LogP contribution in [0.5, 0.6) is 5.75 Å². The van der Waals surface area contributed by atoms with Gasteiger partial charge in [0.05, 0.1) is 15.1 Å². The zero-order valence-corrected chi connectivity index (χ0v) is 17.8. The number of benzene rings is 2. The predicted octanol–water partition coefficient (Wildman–Crippen LogP) is 4.01. The molecule has 0 fully saturated rings. The number of hydrogen-bond donors (Lipinski definition) is 1. The average Bonchev–Trinajstić information content (AvgIpc) is 3.00. The first kappa shape index (κ1) is 20.3. The van der Waals surface area contributed by atoms with E-state index in [4.69, 9.17) is 4.74 Å². The molecule has 0 saturated carbocycles. The molecule has 6 nitrogen and oxygen atoms in total. The van der Waals surface area contributed by atoms with E-state index in [2.05, 4.69) is 31.1 Å². The summed E-state index contributed by atoms with van der Waals surface area (Å²) in [6, 6.07) is 12.4. The minimum Gasteiger partial charge on any atom is -0.483 e. The van der Waals surface area contributed by atoms with Gasteiger partial charge in [0.25, 0.3) is 5.91 Å². The van der Waals surface area contributed by atoms with Gasteiger partial charge in [0.2, 0.25) is 0 Å². The standard InChI is InChI=1S/C20H22N2O4S2/c1-20(2,3)14-7-5-6-8-16(14)26-12-18(23)22-19-21-15-10-9-13(28(4,24)25)11-17(15)27-19/h5-11H,12H2,1-4H3,(H,21,22,23). The zero-order valence-electron chi connectivity index (χ0n) is 16.1. The minimum atomic E-state index is -3.29. The van der Waals surface area contributed by atoms with Crippen LogP contribution in [0.3, 0.4) is 0 Å². The van der Waals surface area contributed by atoms with Crippen molar-refractivity contribution in [1.29, 1.82) is 0 Å². The van der Waals surface area contributed by atoms with Gasteiger partial charge in [-0.1, -0.05) is 50.3 Å². The van der Waals surface area contributed by atoms with Gasteiger partial charge in [0.1, 0.15) is 5.75 Å². The Labute approximate surface area is 168 Å². The van der Waals surface area contributed by atoms with Crippen LogP contribution in [-0.2, 0) is 20.0 Å². The maximum Gasteiger partial charge on any atom is 0.264 e. The van der Waals surface area contributed by atoms with Crippen LogP contribution >= 0.6 is 11.3 Å². The number of nitrogens with one attached hydrogen (secondary N) is 1. The van der Waals surface area contributed by atoms with Crippen LogP contribution in [0.2, 0.25) is 0 Å². The van der Waals surface area contributed by atoms with Crippen molar-refractivity contribution < 1.29 is 17.9 Å². The maximum atomic E-state index is 12.3. The number of aromatic nitrogens is 1. The number of sulfone groups is 1. The smallest absolute Gasteiger partial charge is 0.264 e. The minimum absolute atomic E-state index is 0.0998. The predicted molar refractivity (Wildman–Crippen MR) is 112 cm³/mol. The summed E-state index contributed by atoms with van der Waals surface area (Å²) in [5.74, 6) is 0.346. The van der Waals surface area contributed by atoms with Gasteiger partial charge < -0.3 is 4.74 Å². The van der Waals surface area contributed by atoms with Crippen LogP contribution in [0.25, 0.3) is 10.2 Å². The molecule has 0 radical (unpaired) electrons. The molecule has 0 aliphatic carbocycles. The molecule has 2 aromatic carbocycles. The van der Waals surface area contributed by atoms with Crippen molar-refractivity contribution in [3.8, 4) is 5.75 Å². The molecule has 3 rings (SSSR count). The van der Waals surface area contributed by atoms with Gasteiger partial charge in [0, 0.05) is 6.26 Å². The molecule has 1 aromatic heterocycles. The second-order valence-electron chi connectivity index (χ2n) is 7.50. The molecule has 1 heterocycles. The third-order valence-corrected chi connectivity index (χ3v) is 6.13. The lowest BCUT2D eigenvalue weighted by Gasteiger charge is -2.22. The molecule has 1 N–H and O–H groups in total. The molecule has 0 atom stereocenters. The number of carbonyl (C=O) groups is 1. The van der Waals surface area contributed by atoms with E-state index in [0.717, 1.165) is 11.8 Å². The highest BCUT2D eigenvalue weighted by Gasteiger charge is 2.19. The largest absolute Gasteiger partial charge is 0.483 e. The lowest BCUT2D eigenvalue weighted by Crippen LogP contribution is -2.21. The Bertz CT molecular complexity index is 1130. The Kier molecular flexibility index (Phi) is 5.45. The lowest BCUT2D eigenvalue weighted by atomic mass is 9.86. The normalized spacial score (nSPS) is 12.1. The van der Waals surface area contributed by atoms with E-state index in [1.807, 2.05) is 24.3 Å². The number of hydrogen-bond acceptors (Lipinski definition) is 6. The number of thiazole rings is 1. The number of fused-ring (bicyclic) bond motifs is 1. The molecule has 0 aliphatic heterocycles. The summed E-state index contributed by atoms with van der Waals surface area (Å²) in [4.78, 5) is 16.8. The molecular formula is C20H22N2O4S2. The third kappa shape index (κ3) is 4.69. The molecule has 148 valence electrons. The van der Waals surface area contributed by atoms with Crippen molar-refractivity contribution in [2.75, 3.05) is 18.2 Å². The summed E-state index contributed by atoms with van der Waals surface area (Å²) in [7, 11) is -3.29. The van der Waals surface area contributed by atoms with Gasteiger partial charge >= 0.3 is 0 Å². The molecule has 0 aliphatic rings. The molecule has 0 unspecified atom stereocenters. The summed E-state index contributed by atoms with van der Waals surface area (Å²) < 4.78 is 29.8. The molecule has 0 spiro atoms. The molecule has 3 aromatic rings. The summed E-state index contributed by atoms with van der Waals surface area (Å²) in [6.45, 7) is 6.11. The molecule has 0 saturated heterocycles. The Morgan fingerprint density at radius 3 is 2.57 bits per heavy atom. The fourth-order valence-electron chi connectivity index (χ4n) is 2.70. The van der Waals surface area contributed by atoms with Crippen molar-refractivity contribution >= 4 is 42.4 Å². The van der Waals surface area contributed by atoms with Gasteiger partial charge in [-0.15, -0.1) is 0 Å². The molecular weight excluding hydrogens is 396 g/mol. The van der Waals surface area contributed by atoms with Crippen LogP contribution in [0, 0.1) is 0 Å². The van der Waals surface area contributed by atoms with E-state index in [1.165, 1.54) is 17.4 Å². The van der Waals surface area contributed by atoms with Gasteiger partial charge in [0.15, 0.2) is 21.6 Å². The lowest BCUT2D eigenvalue weighted by molar-refractivity contribution is -0.118. The highest BCUT2D eigenvalue weighted by atomic mass is 32.2. The van der Waals surface area contributed by atoms with Crippen molar-refractivity contribution in [2.24, 2.45) is 0 Å². The van der Waals surface area contributed by atoms with E-state index in [-0.39, 0.29) is 22.8 Å². The molecule has 1 amide bonds. The molecule has 28 heavy (non-hydrogen) atoms. The molecule has 0 bridgehead atoms. The summed E-state index contributed by atoms with van der Waals surface area (Å²) in [6.07, 6.45) is 1.16. The number of anilines is 1. The zero-order chi connectivity index (χ0) is 20.5. The first-order valence-corrected chi connectivity index (χ1v) is 11.4. The van der Waals surface area contributed by atoms with Crippen molar-refractivity contribution in [3.05, 3.63) is 48.0 Å². The van der Waals surface area contributed by atoms with Crippen LogP contribution < -0.4 is 10.1 Å². The van der Waals surface area contributed by atoms with Crippen LogP contribution in [0.4, 0.5) is 5.13 Å². The highest BCUT2D eigenvalue weighted by Crippen LogP contribution is 2.31.